The van der Waals surface area contributed by atoms with E-state index < -0.39 is 12.0 Å². The minimum atomic E-state index is -0.577. The Morgan fingerprint density at radius 1 is 1.18 bits per heavy atom. The Bertz CT molecular complexity index is 1150. The van der Waals surface area contributed by atoms with E-state index in [9.17, 15) is 14.0 Å². The van der Waals surface area contributed by atoms with Crippen molar-refractivity contribution in [1.29, 1.82) is 0 Å². The van der Waals surface area contributed by atoms with E-state index in [1.54, 1.807) is 38.4 Å². The highest BCUT2D eigenvalue weighted by Gasteiger charge is 2.41. The van der Waals surface area contributed by atoms with Crippen molar-refractivity contribution >= 4 is 28.8 Å². The Morgan fingerprint density at radius 3 is 2.61 bits per heavy atom. The highest BCUT2D eigenvalue weighted by Crippen LogP contribution is 2.44. The predicted molar refractivity (Wildman–Crippen MR) is 124 cm³/mol. The number of ether oxygens (including phenoxy) is 1. The first-order valence-corrected chi connectivity index (χ1v) is 11.4. The molecule has 0 bridgehead atoms. The molecule has 2 aromatic rings. The van der Waals surface area contributed by atoms with Crippen LogP contribution >= 0.6 is 11.8 Å². The second kappa shape index (κ2) is 9.99. The number of rotatable bonds is 7. The van der Waals surface area contributed by atoms with Gasteiger partial charge >= 0.3 is 5.97 Å². The normalized spacial score (nSPS) is 17.3. The Hall–Kier alpha value is -3.46. The number of aliphatic imine (C=N–C) groups is 1. The average molecular weight is 467 g/mol. The fourth-order valence-electron chi connectivity index (χ4n) is 3.73. The van der Waals surface area contributed by atoms with Crippen molar-refractivity contribution in [1.82, 2.24) is 15.2 Å². The molecule has 1 aromatic heterocycles. The monoisotopic (exact) mass is 466 g/mol. The summed E-state index contributed by atoms with van der Waals surface area (Å²) in [6.45, 7) is 4.10. The molecule has 1 amide bonds. The zero-order valence-corrected chi connectivity index (χ0v) is 19.1. The van der Waals surface area contributed by atoms with E-state index in [1.807, 2.05) is 22.4 Å². The van der Waals surface area contributed by atoms with Gasteiger partial charge in [-0.05, 0) is 54.6 Å². The second-order valence-electron chi connectivity index (χ2n) is 7.47. The van der Waals surface area contributed by atoms with Gasteiger partial charge in [-0.1, -0.05) is 23.9 Å². The van der Waals surface area contributed by atoms with Gasteiger partial charge in [0.2, 0.25) is 5.91 Å². The third-order valence-corrected chi connectivity index (χ3v) is 6.15. The number of amidine groups is 1. The maximum absolute atomic E-state index is 13.6. The number of amides is 1. The molecule has 1 N–H and O–H groups in total. The molecule has 1 unspecified atom stereocenters. The summed E-state index contributed by atoms with van der Waals surface area (Å²) in [6, 6.07) is 9.08. The zero-order chi connectivity index (χ0) is 23.4. The molecule has 0 radical (unpaired) electrons. The number of nitrogens with zero attached hydrogens (tertiary/aromatic N) is 3. The van der Waals surface area contributed by atoms with Gasteiger partial charge in [0.25, 0.3) is 0 Å². The molecule has 2 aliphatic heterocycles. The summed E-state index contributed by atoms with van der Waals surface area (Å²) in [6.07, 6.45) is 3.45. The zero-order valence-electron chi connectivity index (χ0n) is 18.2. The van der Waals surface area contributed by atoms with Crippen molar-refractivity contribution < 1.29 is 18.7 Å². The van der Waals surface area contributed by atoms with Crippen LogP contribution in [-0.4, -0.2) is 33.5 Å². The number of esters is 1. The lowest BCUT2D eigenvalue weighted by Gasteiger charge is -2.36. The highest BCUT2D eigenvalue weighted by atomic mass is 32.2. The first-order chi connectivity index (χ1) is 16.0. The van der Waals surface area contributed by atoms with Gasteiger partial charge in [-0.2, -0.15) is 0 Å². The van der Waals surface area contributed by atoms with Crippen LogP contribution in [0.15, 0.2) is 76.2 Å². The molecule has 0 saturated heterocycles. The molecule has 0 saturated carbocycles. The number of pyridine rings is 1. The third kappa shape index (κ3) is 4.98. The summed E-state index contributed by atoms with van der Waals surface area (Å²) >= 11 is 1.39. The molecule has 170 valence electrons. The molecule has 33 heavy (non-hydrogen) atoms. The molecule has 3 heterocycles. The number of nitrogens with one attached hydrogen (secondary N) is 1. The number of carbonyl (C=O) groups excluding carboxylic acids is 2. The van der Waals surface area contributed by atoms with E-state index in [0.717, 1.165) is 5.56 Å². The minimum Gasteiger partial charge on any atom is -0.463 e. The number of benzene rings is 1. The molecule has 0 aliphatic carbocycles. The lowest BCUT2D eigenvalue weighted by atomic mass is 9.94. The van der Waals surface area contributed by atoms with Gasteiger partial charge in [-0.3, -0.25) is 9.78 Å². The van der Waals surface area contributed by atoms with Crippen LogP contribution in [0.4, 0.5) is 4.39 Å². The number of allylic oxidation sites excluding steroid dienone is 1. The van der Waals surface area contributed by atoms with Gasteiger partial charge in [-0.25, -0.2) is 14.2 Å². The number of fused-ring (bicyclic) bond motifs is 1. The minimum absolute atomic E-state index is 0.101. The number of hydrogen-bond acceptors (Lipinski definition) is 7. The highest BCUT2D eigenvalue weighted by molar-refractivity contribution is 8.16. The Kier molecular flexibility index (Phi) is 6.88. The molecule has 0 fully saturated rings. The van der Waals surface area contributed by atoms with Crippen LogP contribution in [0.3, 0.4) is 0 Å². The quantitative estimate of drug-likeness (QED) is 0.620. The van der Waals surface area contributed by atoms with Gasteiger partial charge in [0, 0.05) is 24.6 Å². The molecule has 7 nitrogen and oxygen atoms in total. The molecule has 9 heteroatoms. The molecule has 2 aliphatic rings. The topological polar surface area (TPSA) is 83.9 Å². The molecule has 1 aromatic carbocycles. The summed E-state index contributed by atoms with van der Waals surface area (Å²) in [5.74, 6) is -1.02. The molecular weight excluding hydrogens is 443 g/mol. The number of aromatic nitrogens is 1. The fourth-order valence-corrected chi connectivity index (χ4v) is 4.69. The van der Waals surface area contributed by atoms with Crippen LogP contribution in [0.25, 0.3) is 0 Å². The predicted octanol–water partition coefficient (Wildman–Crippen LogP) is 4.07. The average Bonchev–Trinajstić information content (AvgIpc) is 3.20. The van der Waals surface area contributed by atoms with Crippen LogP contribution in [0.1, 0.15) is 37.4 Å². The van der Waals surface area contributed by atoms with Crippen molar-refractivity contribution in [3.63, 3.8) is 0 Å². The summed E-state index contributed by atoms with van der Waals surface area (Å²) in [7, 11) is 0. The molecule has 1 atom stereocenters. The van der Waals surface area contributed by atoms with Gasteiger partial charge in [0.15, 0.2) is 5.17 Å². The largest absolute Gasteiger partial charge is 0.463 e. The number of halogens is 1. The van der Waals surface area contributed by atoms with E-state index in [0.29, 0.717) is 34.2 Å². The Labute approximate surface area is 195 Å². The number of hydrogen-bond donors (Lipinski definition) is 1. The summed E-state index contributed by atoms with van der Waals surface area (Å²) in [4.78, 5) is 36.0. The van der Waals surface area contributed by atoms with Crippen molar-refractivity contribution in [2.75, 3.05) is 6.61 Å². The van der Waals surface area contributed by atoms with Gasteiger partial charge in [0.05, 0.1) is 30.3 Å². The maximum Gasteiger partial charge on any atom is 0.338 e. The van der Waals surface area contributed by atoms with Gasteiger partial charge < -0.3 is 15.0 Å². The van der Waals surface area contributed by atoms with Crippen molar-refractivity contribution in [3.8, 4) is 0 Å². The lowest BCUT2D eigenvalue weighted by molar-refractivity contribution is -0.139. The summed E-state index contributed by atoms with van der Waals surface area (Å²) in [5.41, 5.74) is 3.27. The Balaban J connectivity index is 1.60. The first kappa shape index (κ1) is 22.7. The van der Waals surface area contributed by atoms with E-state index >= 15 is 0 Å². The van der Waals surface area contributed by atoms with E-state index in [2.05, 4.69) is 15.3 Å². The third-order valence-electron chi connectivity index (χ3n) is 5.26. The fraction of sp³-hybridized carbons (Fsp3) is 0.250. The summed E-state index contributed by atoms with van der Waals surface area (Å²) < 4.78 is 18.9. The van der Waals surface area contributed by atoms with E-state index in [1.165, 1.54) is 23.9 Å². The van der Waals surface area contributed by atoms with Gasteiger partial charge in [0.1, 0.15) is 5.82 Å². The van der Waals surface area contributed by atoms with Crippen LogP contribution < -0.4 is 5.32 Å². The molecule has 0 spiro atoms. The maximum atomic E-state index is 13.6. The molecular formula is C24H23FN4O3S. The van der Waals surface area contributed by atoms with Crippen LogP contribution in [0.2, 0.25) is 0 Å². The van der Waals surface area contributed by atoms with Crippen molar-refractivity contribution in [2.45, 2.75) is 32.9 Å². The van der Waals surface area contributed by atoms with Crippen LogP contribution in [0, 0.1) is 5.82 Å². The van der Waals surface area contributed by atoms with Crippen molar-refractivity contribution in [2.24, 2.45) is 4.99 Å². The smallest absolute Gasteiger partial charge is 0.338 e. The van der Waals surface area contributed by atoms with Crippen LogP contribution in [0.5, 0.6) is 0 Å². The Morgan fingerprint density at radius 2 is 1.91 bits per heavy atom. The second-order valence-corrected chi connectivity index (χ2v) is 8.31. The van der Waals surface area contributed by atoms with Crippen molar-refractivity contribution in [3.05, 3.63) is 88.1 Å². The first-order valence-electron chi connectivity index (χ1n) is 10.5. The molecule has 4 rings (SSSR count). The SMILES string of the molecule is CCOC(=O)C1=C(C)N=C2SC=C(CC(=O)NCc3ccncc3)N2C1c1ccc(F)cc1. The lowest BCUT2D eigenvalue weighted by Crippen LogP contribution is -2.38. The standard InChI is InChI=1S/C24H23FN4O3S/c1-3-32-23(31)21-15(2)28-24-29(22(21)17-4-6-18(25)7-5-17)19(14-33-24)12-20(30)27-13-16-8-10-26-11-9-16/h4-11,14,22H,3,12-13H2,1-2H3,(H,27,30). The summed E-state index contributed by atoms with van der Waals surface area (Å²) in [5, 5.41) is 5.43. The number of carbonyl (C=O) groups is 2. The van der Waals surface area contributed by atoms with Gasteiger partial charge in [-0.15, -0.1) is 0 Å². The van der Waals surface area contributed by atoms with E-state index in [-0.39, 0.29) is 24.8 Å². The van der Waals surface area contributed by atoms with E-state index in [4.69, 9.17) is 4.74 Å². The number of thioether (sulfide) groups is 1. The van der Waals surface area contributed by atoms with Crippen LogP contribution in [-0.2, 0) is 20.9 Å².